The third-order valence-electron chi connectivity index (χ3n) is 6.14. The minimum Gasteiger partial charge on any atom is -0.497 e. The molecule has 0 radical (unpaired) electrons. The molecule has 0 amide bonds. The quantitative estimate of drug-likeness (QED) is 0.402. The number of methoxy groups -OCH3 is 2. The molecule has 7 nitrogen and oxygen atoms in total. The zero-order valence-corrected chi connectivity index (χ0v) is 20.5. The van der Waals surface area contributed by atoms with Crippen LogP contribution in [0.3, 0.4) is 0 Å². The lowest BCUT2D eigenvalue weighted by atomic mass is 9.99. The van der Waals surface area contributed by atoms with Crippen molar-refractivity contribution >= 4 is 10.9 Å². The van der Waals surface area contributed by atoms with Crippen LogP contribution in [0.15, 0.2) is 35.3 Å². The summed E-state index contributed by atoms with van der Waals surface area (Å²) in [5.41, 5.74) is 3.78. The molecular formula is C26H36N4O3. The first-order valence-electron chi connectivity index (χ1n) is 11.7. The third kappa shape index (κ3) is 6.12. The fraction of sp³-hybridized carbons (Fsp3) is 0.462. The maximum absolute atomic E-state index is 13.0. The number of rotatable bonds is 12. The van der Waals surface area contributed by atoms with Gasteiger partial charge in [0.25, 0.3) is 5.56 Å². The number of H-pyrrole nitrogens is 1. The molecule has 0 bridgehead atoms. The average Bonchev–Trinajstić information content (AvgIpc) is 2.83. The summed E-state index contributed by atoms with van der Waals surface area (Å²) >= 11 is 0. The number of fused-ring (bicyclic) bond motifs is 1. The van der Waals surface area contributed by atoms with Gasteiger partial charge in [-0.1, -0.05) is 13.8 Å². The number of pyridine rings is 2. The van der Waals surface area contributed by atoms with Gasteiger partial charge in [-0.15, -0.1) is 0 Å². The van der Waals surface area contributed by atoms with Crippen LogP contribution in [-0.4, -0.2) is 55.3 Å². The van der Waals surface area contributed by atoms with Gasteiger partial charge < -0.3 is 24.7 Å². The number of nitrogens with one attached hydrogen (secondary N) is 2. The lowest BCUT2D eigenvalue weighted by Crippen LogP contribution is -2.25. The summed E-state index contributed by atoms with van der Waals surface area (Å²) in [6, 6.07) is 7.51. The summed E-state index contributed by atoms with van der Waals surface area (Å²) in [7, 11) is 3.21. The van der Waals surface area contributed by atoms with Crippen LogP contribution >= 0.6 is 0 Å². The maximum Gasteiger partial charge on any atom is 0.256 e. The second-order valence-corrected chi connectivity index (χ2v) is 8.19. The van der Waals surface area contributed by atoms with E-state index in [-0.39, 0.29) is 5.56 Å². The van der Waals surface area contributed by atoms with Crippen LogP contribution in [0.25, 0.3) is 22.0 Å². The van der Waals surface area contributed by atoms with Crippen LogP contribution in [0, 0.1) is 6.92 Å². The van der Waals surface area contributed by atoms with E-state index >= 15 is 0 Å². The van der Waals surface area contributed by atoms with Gasteiger partial charge in [-0.2, -0.15) is 0 Å². The first-order chi connectivity index (χ1) is 16.0. The molecule has 3 aromatic rings. The second kappa shape index (κ2) is 11.8. The lowest BCUT2D eigenvalue weighted by Gasteiger charge is -2.17. The van der Waals surface area contributed by atoms with Crippen molar-refractivity contribution in [1.82, 2.24) is 20.2 Å². The van der Waals surface area contributed by atoms with E-state index in [4.69, 9.17) is 9.47 Å². The van der Waals surface area contributed by atoms with Crippen molar-refractivity contribution in [3.8, 4) is 22.6 Å². The highest BCUT2D eigenvalue weighted by Crippen LogP contribution is 2.34. The van der Waals surface area contributed by atoms with E-state index in [1.54, 1.807) is 14.2 Å². The van der Waals surface area contributed by atoms with Crippen LogP contribution in [-0.2, 0) is 6.54 Å². The Bertz CT molecular complexity index is 1120. The molecule has 178 valence electrons. The summed E-state index contributed by atoms with van der Waals surface area (Å²) in [4.78, 5) is 23.0. The Labute approximate surface area is 196 Å². The number of aromatic amines is 1. The second-order valence-electron chi connectivity index (χ2n) is 8.19. The molecule has 2 heterocycles. The third-order valence-corrected chi connectivity index (χ3v) is 6.14. The molecule has 2 aromatic heterocycles. The lowest BCUT2D eigenvalue weighted by molar-refractivity contribution is 0.296. The molecule has 7 heteroatoms. The fourth-order valence-electron chi connectivity index (χ4n) is 4.05. The highest BCUT2D eigenvalue weighted by atomic mass is 16.5. The normalized spacial score (nSPS) is 11.3. The summed E-state index contributed by atoms with van der Waals surface area (Å²) in [5, 5.41) is 4.34. The Morgan fingerprint density at radius 2 is 1.82 bits per heavy atom. The predicted molar refractivity (Wildman–Crippen MR) is 134 cm³/mol. The summed E-state index contributed by atoms with van der Waals surface area (Å²) in [6.07, 6.45) is 4.14. The fourth-order valence-corrected chi connectivity index (χ4v) is 4.05. The highest BCUT2D eigenvalue weighted by molar-refractivity contribution is 5.84. The van der Waals surface area contributed by atoms with E-state index < -0.39 is 0 Å². The summed E-state index contributed by atoms with van der Waals surface area (Å²) in [5.74, 6) is 1.32. The minimum atomic E-state index is -0.151. The van der Waals surface area contributed by atoms with Crippen LogP contribution in [0.1, 0.15) is 37.9 Å². The number of aromatic nitrogens is 2. The van der Waals surface area contributed by atoms with Crippen molar-refractivity contribution in [1.29, 1.82) is 0 Å². The number of nitrogens with zero attached hydrogens (tertiary/aromatic N) is 2. The Balaban J connectivity index is 1.72. The molecule has 2 N–H and O–H groups in total. The van der Waals surface area contributed by atoms with Crippen molar-refractivity contribution in [2.75, 3.05) is 40.4 Å². The molecule has 0 spiro atoms. The van der Waals surface area contributed by atoms with Crippen LogP contribution < -0.4 is 20.3 Å². The van der Waals surface area contributed by atoms with Crippen LogP contribution in [0.2, 0.25) is 0 Å². The molecule has 3 rings (SSSR count). The van der Waals surface area contributed by atoms with E-state index in [2.05, 4.69) is 34.0 Å². The molecule has 0 aliphatic rings. The van der Waals surface area contributed by atoms with E-state index in [0.29, 0.717) is 23.6 Å². The van der Waals surface area contributed by atoms with Gasteiger partial charge in [0.2, 0.25) is 0 Å². The monoisotopic (exact) mass is 452 g/mol. The first kappa shape index (κ1) is 24.7. The molecule has 0 saturated heterocycles. The standard InChI is InChI=1S/C26H36N4O3/c1-6-30(7-2)11-9-8-10-27-17-20-13-24-19(16-28-20)12-23(26(31)29-24)22-14-21(32-4)15-25(33-5)18(22)3/h12-16,27H,6-11,17H2,1-5H3,(H,29,31). The van der Waals surface area contributed by atoms with Crippen molar-refractivity contribution in [3.63, 3.8) is 0 Å². The first-order valence-corrected chi connectivity index (χ1v) is 11.7. The van der Waals surface area contributed by atoms with Gasteiger partial charge in [0.1, 0.15) is 11.5 Å². The molecule has 0 aliphatic heterocycles. The van der Waals surface area contributed by atoms with Crippen molar-refractivity contribution < 1.29 is 9.47 Å². The van der Waals surface area contributed by atoms with Gasteiger partial charge in [0.05, 0.1) is 25.4 Å². The Morgan fingerprint density at radius 1 is 1.03 bits per heavy atom. The molecule has 0 aliphatic carbocycles. The number of hydrogen-bond acceptors (Lipinski definition) is 6. The van der Waals surface area contributed by atoms with E-state index in [1.165, 1.54) is 6.42 Å². The summed E-state index contributed by atoms with van der Waals surface area (Å²) < 4.78 is 10.9. The molecule has 0 saturated carbocycles. The number of benzene rings is 1. The van der Waals surface area contributed by atoms with Crippen molar-refractivity contribution in [2.45, 2.75) is 40.2 Å². The van der Waals surface area contributed by atoms with Gasteiger partial charge in [-0.25, -0.2) is 0 Å². The minimum absolute atomic E-state index is 0.151. The zero-order chi connectivity index (χ0) is 23.8. The number of unbranched alkanes of at least 4 members (excludes halogenated alkanes) is 1. The van der Waals surface area contributed by atoms with Crippen molar-refractivity contribution in [3.05, 3.63) is 52.1 Å². The number of hydrogen-bond donors (Lipinski definition) is 2. The van der Waals surface area contributed by atoms with E-state index in [1.807, 2.05) is 37.4 Å². The Kier molecular flexibility index (Phi) is 8.86. The maximum atomic E-state index is 13.0. The van der Waals surface area contributed by atoms with Gasteiger partial charge in [-0.05, 0) is 75.3 Å². The average molecular weight is 453 g/mol. The van der Waals surface area contributed by atoms with Gasteiger partial charge in [-0.3, -0.25) is 9.78 Å². The highest BCUT2D eigenvalue weighted by Gasteiger charge is 2.14. The SMILES string of the molecule is CCN(CC)CCCCNCc1cc2[nH]c(=O)c(-c3cc(OC)cc(OC)c3C)cc2cn1. The van der Waals surface area contributed by atoms with Crippen LogP contribution in [0.5, 0.6) is 11.5 Å². The predicted octanol–water partition coefficient (Wildman–Crippen LogP) is 4.13. The molecule has 0 atom stereocenters. The summed E-state index contributed by atoms with van der Waals surface area (Å²) in [6.45, 7) is 11.3. The van der Waals surface area contributed by atoms with E-state index in [9.17, 15) is 4.79 Å². The van der Waals surface area contributed by atoms with E-state index in [0.717, 1.165) is 60.3 Å². The molecule has 33 heavy (non-hydrogen) atoms. The largest absolute Gasteiger partial charge is 0.497 e. The van der Waals surface area contributed by atoms with Gasteiger partial charge in [0, 0.05) is 29.8 Å². The zero-order valence-electron chi connectivity index (χ0n) is 20.5. The molecule has 0 unspecified atom stereocenters. The Hall–Kier alpha value is -2.90. The Morgan fingerprint density at radius 3 is 2.52 bits per heavy atom. The molecule has 0 fully saturated rings. The van der Waals surface area contributed by atoms with Gasteiger partial charge in [0.15, 0.2) is 0 Å². The molecule has 1 aromatic carbocycles. The van der Waals surface area contributed by atoms with Crippen molar-refractivity contribution in [2.24, 2.45) is 0 Å². The number of ether oxygens (including phenoxy) is 2. The topological polar surface area (TPSA) is 79.5 Å². The molecular weight excluding hydrogens is 416 g/mol. The van der Waals surface area contributed by atoms with Crippen LogP contribution in [0.4, 0.5) is 0 Å². The van der Waals surface area contributed by atoms with Gasteiger partial charge >= 0.3 is 0 Å². The smallest absolute Gasteiger partial charge is 0.256 e.